The van der Waals surface area contributed by atoms with Gasteiger partial charge in [-0.1, -0.05) is 29.8 Å². The van der Waals surface area contributed by atoms with Crippen LogP contribution in [-0.2, 0) is 0 Å². The summed E-state index contributed by atoms with van der Waals surface area (Å²) < 4.78 is 3.41. The van der Waals surface area contributed by atoms with E-state index in [9.17, 15) is 9.59 Å². The summed E-state index contributed by atoms with van der Waals surface area (Å²) in [6.07, 6.45) is 3.43. The highest BCUT2D eigenvalue weighted by Gasteiger charge is 2.35. The van der Waals surface area contributed by atoms with Gasteiger partial charge in [-0.2, -0.15) is 5.10 Å². The molecule has 0 aliphatic carbocycles. The van der Waals surface area contributed by atoms with Gasteiger partial charge in [0.2, 0.25) is 5.43 Å². The van der Waals surface area contributed by atoms with Gasteiger partial charge in [0.1, 0.15) is 0 Å². The number of aryl methyl sites for hydroxylation is 1. The van der Waals surface area contributed by atoms with Crippen molar-refractivity contribution in [3.8, 4) is 5.69 Å². The first-order valence-corrected chi connectivity index (χ1v) is 10.4. The molecule has 1 aliphatic heterocycles. The predicted octanol–water partition coefficient (Wildman–Crippen LogP) is 3.21. The van der Waals surface area contributed by atoms with Crippen LogP contribution in [0.15, 0.2) is 59.5 Å². The van der Waals surface area contributed by atoms with E-state index in [1.54, 1.807) is 24.0 Å². The van der Waals surface area contributed by atoms with Crippen molar-refractivity contribution in [1.29, 1.82) is 0 Å². The lowest BCUT2D eigenvalue weighted by atomic mass is 10.2. The van der Waals surface area contributed by atoms with Crippen LogP contribution in [0.1, 0.15) is 40.9 Å². The summed E-state index contributed by atoms with van der Waals surface area (Å²) in [4.78, 5) is 27.8. The van der Waals surface area contributed by atoms with Gasteiger partial charge < -0.3 is 4.90 Å². The molecule has 1 aliphatic rings. The minimum absolute atomic E-state index is 0.133. The van der Waals surface area contributed by atoms with Gasteiger partial charge in [-0.05, 0) is 44.0 Å². The van der Waals surface area contributed by atoms with E-state index in [2.05, 4.69) is 15.3 Å². The summed E-state index contributed by atoms with van der Waals surface area (Å²) in [6, 6.07) is 14.0. The number of benzene rings is 1. The molecule has 1 atom stereocenters. The smallest absolute Gasteiger partial charge is 0.279 e. The van der Waals surface area contributed by atoms with Crippen LogP contribution in [-0.4, -0.2) is 41.7 Å². The zero-order valence-electron chi connectivity index (χ0n) is 16.8. The second kappa shape index (κ2) is 7.63. The van der Waals surface area contributed by atoms with Gasteiger partial charge in [-0.15, -0.1) is 10.2 Å². The fourth-order valence-corrected chi connectivity index (χ4v) is 4.28. The zero-order valence-corrected chi connectivity index (χ0v) is 17.5. The SMILES string of the molecule is Cc1cc(=O)c(C(=O)N2CCCC2c2nnc3ccccn23)nn1-c1ccccc1Cl. The topological polar surface area (TPSA) is 85.4 Å². The van der Waals surface area contributed by atoms with Crippen LogP contribution in [0.2, 0.25) is 5.02 Å². The molecule has 5 rings (SSSR count). The van der Waals surface area contributed by atoms with Crippen LogP contribution >= 0.6 is 11.6 Å². The number of hydrogen-bond donors (Lipinski definition) is 0. The van der Waals surface area contributed by atoms with Crippen molar-refractivity contribution in [2.45, 2.75) is 25.8 Å². The number of para-hydroxylation sites is 1. The highest BCUT2D eigenvalue weighted by molar-refractivity contribution is 6.32. The quantitative estimate of drug-likeness (QED) is 0.494. The van der Waals surface area contributed by atoms with Gasteiger partial charge in [0.25, 0.3) is 5.91 Å². The minimum Gasteiger partial charge on any atom is -0.327 e. The van der Waals surface area contributed by atoms with E-state index in [0.717, 1.165) is 12.8 Å². The molecule has 0 radical (unpaired) electrons. The lowest BCUT2D eigenvalue weighted by Crippen LogP contribution is -2.36. The third kappa shape index (κ3) is 3.29. The van der Waals surface area contributed by atoms with E-state index >= 15 is 0 Å². The van der Waals surface area contributed by atoms with Crippen molar-refractivity contribution < 1.29 is 4.79 Å². The summed E-state index contributed by atoms with van der Waals surface area (Å²) in [5.74, 6) is 0.265. The number of carbonyl (C=O) groups excluding carboxylic acids is 1. The molecule has 0 saturated carbocycles. The first kappa shape index (κ1) is 19.4. The van der Waals surface area contributed by atoms with Crippen LogP contribution in [0.4, 0.5) is 0 Å². The Hall–Kier alpha value is -3.52. The largest absolute Gasteiger partial charge is 0.327 e. The van der Waals surface area contributed by atoms with E-state index in [1.807, 2.05) is 40.9 Å². The van der Waals surface area contributed by atoms with Gasteiger partial charge in [0, 0.05) is 24.5 Å². The fraction of sp³-hybridized carbons (Fsp3) is 0.227. The molecule has 8 nitrogen and oxygen atoms in total. The van der Waals surface area contributed by atoms with Gasteiger partial charge in [-0.3, -0.25) is 14.0 Å². The molecule has 4 heterocycles. The Morgan fingerprint density at radius 3 is 2.77 bits per heavy atom. The van der Waals surface area contributed by atoms with Crippen molar-refractivity contribution in [2.24, 2.45) is 0 Å². The maximum Gasteiger partial charge on any atom is 0.279 e. The number of carbonyl (C=O) groups is 1. The third-order valence-corrected chi connectivity index (χ3v) is 5.86. The molecular formula is C22H19ClN6O2. The normalized spacial score (nSPS) is 16.2. The summed E-state index contributed by atoms with van der Waals surface area (Å²) in [5.41, 5.74) is 1.37. The van der Waals surface area contributed by atoms with Gasteiger partial charge in [-0.25, -0.2) is 4.68 Å². The lowest BCUT2D eigenvalue weighted by Gasteiger charge is -2.23. The van der Waals surface area contributed by atoms with Crippen LogP contribution in [0.25, 0.3) is 11.3 Å². The molecule has 1 unspecified atom stereocenters. The first-order valence-electron chi connectivity index (χ1n) is 10.0. The van der Waals surface area contributed by atoms with Crippen molar-refractivity contribution in [3.05, 3.63) is 87.2 Å². The number of nitrogens with zero attached hydrogens (tertiary/aromatic N) is 6. The predicted molar refractivity (Wildman–Crippen MR) is 116 cm³/mol. The zero-order chi connectivity index (χ0) is 21.5. The van der Waals surface area contributed by atoms with Crippen LogP contribution in [0, 0.1) is 6.92 Å². The number of rotatable bonds is 3. The highest BCUT2D eigenvalue weighted by atomic mass is 35.5. The molecule has 4 aromatic rings. The maximum absolute atomic E-state index is 13.4. The van der Waals surface area contributed by atoms with Crippen LogP contribution < -0.4 is 5.43 Å². The minimum atomic E-state index is -0.416. The monoisotopic (exact) mass is 434 g/mol. The average Bonchev–Trinajstić information content (AvgIpc) is 3.41. The van der Waals surface area contributed by atoms with Crippen molar-refractivity contribution in [1.82, 2.24) is 29.3 Å². The molecule has 1 aromatic carbocycles. The van der Waals surface area contributed by atoms with Crippen LogP contribution in [0.3, 0.4) is 0 Å². The Bertz CT molecular complexity index is 1360. The number of pyridine rings is 1. The number of likely N-dealkylation sites (tertiary alicyclic amines) is 1. The molecule has 156 valence electrons. The second-order valence-electron chi connectivity index (χ2n) is 7.51. The molecule has 1 amide bonds. The number of amides is 1. The molecule has 1 fully saturated rings. The summed E-state index contributed by atoms with van der Waals surface area (Å²) in [7, 11) is 0. The summed E-state index contributed by atoms with van der Waals surface area (Å²) in [6.45, 7) is 2.28. The van der Waals surface area contributed by atoms with Crippen molar-refractivity contribution in [2.75, 3.05) is 6.54 Å². The molecule has 31 heavy (non-hydrogen) atoms. The molecule has 0 spiro atoms. The van der Waals surface area contributed by atoms with E-state index in [-0.39, 0.29) is 11.7 Å². The Kier molecular flexibility index (Phi) is 4.78. The molecule has 3 aromatic heterocycles. The Labute approximate surface area is 182 Å². The van der Waals surface area contributed by atoms with Gasteiger partial charge in [0.05, 0.1) is 16.8 Å². The number of aromatic nitrogens is 5. The van der Waals surface area contributed by atoms with Gasteiger partial charge >= 0.3 is 0 Å². The second-order valence-corrected chi connectivity index (χ2v) is 7.91. The Morgan fingerprint density at radius 2 is 1.94 bits per heavy atom. The van der Waals surface area contributed by atoms with Crippen molar-refractivity contribution in [3.63, 3.8) is 0 Å². The number of fused-ring (bicyclic) bond motifs is 1. The average molecular weight is 435 g/mol. The molecule has 9 heteroatoms. The molecular weight excluding hydrogens is 416 g/mol. The summed E-state index contributed by atoms with van der Waals surface area (Å²) in [5, 5.41) is 13.4. The molecule has 0 bridgehead atoms. The molecule has 0 N–H and O–H groups in total. The number of hydrogen-bond acceptors (Lipinski definition) is 5. The van der Waals surface area contributed by atoms with Crippen molar-refractivity contribution >= 4 is 23.2 Å². The fourth-order valence-electron chi connectivity index (χ4n) is 4.06. The maximum atomic E-state index is 13.4. The van der Waals surface area contributed by atoms with E-state index in [0.29, 0.717) is 34.4 Å². The Morgan fingerprint density at radius 1 is 1.13 bits per heavy atom. The molecule has 1 saturated heterocycles. The third-order valence-electron chi connectivity index (χ3n) is 5.54. The van der Waals surface area contributed by atoms with E-state index < -0.39 is 11.3 Å². The van der Waals surface area contributed by atoms with E-state index in [4.69, 9.17) is 11.6 Å². The highest BCUT2D eigenvalue weighted by Crippen LogP contribution is 2.32. The first-order chi connectivity index (χ1) is 15.0. The van der Waals surface area contributed by atoms with Gasteiger partial charge in [0.15, 0.2) is 17.2 Å². The Balaban J connectivity index is 1.56. The lowest BCUT2D eigenvalue weighted by molar-refractivity contribution is 0.0719. The van der Waals surface area contributed by atoms with Crippen LogP contribution in [0.5, 0.6) is 0 Å². The summed E-state index contributed by atoms with van der Waals surface area (Å²) >= 11 is 6.32. The standard InChI is InChI=1S/C22H19ClN6O2/c1-14-13-18(30)20(26-29(14)16-8-3-2-7-15(16)23)22(31)27-12-6-9-17(27)21-25-24-19-10-4-5-11-28(19)21/h2-5,7-8,10-11,13,17H,6,9,12H2,1H3. The number of halogens is 1. The van der Waals surface area contributed by atoms with E-state index in [1.165, 1.54) is 10.7 Å².